The third kappa shape index (κ3) is 3.16. The Morgan fingerprint density at radius 2 is 1.33 bits per heavy atom. The van der Waals surface area contributed by atoms with E-state index < -0.39 is 5.60 Å². The lowest BCUT2D eigenvalue weighted by molar-refractivity contribution is -0.0621. The highest BCUT2D eigenvalue weighted by Crippen LogP contribution is 2.35. The van der Waals surface area contributed by atoms with E-state index in [2.05, 4.69) is 0 Å². The van der Waals surface area contributed by atoms with Gasteiger partial charge in [-0.05, 0) is 17.5 Å². The number of hydrogen-bond donors (Lipinski definition) is 1. The molecule has 0 aromatic heterocycles. The van der Waals surface area contributed by atoms with Gasteiger partial charge in [0.05, 0.1) is 13.2 Å². The van der Waals surface area contributed by atoms with Gasteiger partial charge in [-0.3, -0.25) is 0 Å². The zero-order valence-electron chi connectivity index (χ0n) is 11.9. The second-order valence-electron chi connectivity index (χ2n) is 5.30. The predicted molar refractivity (Wildman–Crippen MR) is 80.8 cm³/mol. The van der Waals surface area contributed by atoms with Crippen LogP contribution in [0.2, 0.25) is 0 Å². The van der Waals surface area contributed by atoms with Crippen molar-refractivity contribution in [3.05, 3.63) is 71.8 Å². The van der Waals surface area contributed by atoms with Crippen LogP contribution in [0.5, 0.6) is 0 Å². The van der Waals surface area contributed by atoms with Gasteiger partial charge in [-0.15, -0.1) is 0 Å². The van der Waals surface area contributed by atoms with E-state index in [0.29, 0.717) is 26.1 Å². The summed E-state index contributed by atoms with van der Waals surface area (Å²) >= 11 is 0. The average molecular weight is 284 g/mol. The topological polar surface area (TPSA) is 38.7 Å². The molecular weight excluding hydrogens is 264 g/mol. The van der Waals surface area contributed by atoms with Crippen LogP contribution in [0.4, 0.5) is 0 Å². The van der Waals surface area contributed by atoms with Crippen molar-refractivity contribution in [3.63, 3.8) is 0 Å². The third-order valence-electron chi connectivity index (χ3n) is 3.94. The van der Waals surface area contributed by atoms with Crippen molar-refractivity contribution in [2.24, 2.45) is 0 Å². The van der Waals surface area contributed by atoms with Crippen molar-refractivity contribution in [2.45, 2.75) is 24.7 Å². The molecule has 110 valence electrons. The summed E-state index contributed by atoms with van der Waals surface area (Å²) in [6, 6.07) is 19.6. The number of hydrogen-bond acceptors (Lipinski definition) is 3. The third-order valence-corrected chi connectivity index (χ3v) is 3.94. The van der Waals surface area contributed by atoms with E-state index in [0.717, 1.165) is 11.1 Å². The predicted octanol–water partition coefficient (Wildman–Crippen LogP) is 3.08. The van der Waals surface area contributed by atoms with Crippen LogP contribution in [0, 0.1) is 0 Å². The van der Waals surface area contributed by atoms with Gasteiger partial charge in [-0.25, -0.2) is 0 Å². The standard InChI is InChI=1S/C18H20O3/c19-18(15-7-3-1-4-8-15,16-9-5-2-6-10-16)12-11-17-20-13-14-21-17/h1-10,17,19H,11-14H2. The van der Waals surface area contributed by atoms with Gasteiger partial charge in [0.1, 0.15) is 5.60 Å². The van der Waals surface area contributed by atoms with Crippen molar-refractivity contribution < 1.29 is 14.6 Å². The Morgan fingerprint density at radius 1 is 0.857 bits per heavy atom. The van der Waals surface area contributed by atoms with E-state index in [-0.39, 0.29) is 6.29 Å². The van der Waals surface area contributed by atoms with Crippen LogP contribution < -0.4 is 0 Å². The molecule has 1 aliphatic heterocycles. The van der Waals surface area contributed by atoms with Gasteiger partial charge in [0.15, 0.2) is 6.29 Å². The SMILES string of the molecule is OC(CCC1OCCO1)(c1ccccc1)c1ccccc1. The van der Waals surface area contributed by atoms with Crippen molar-refractivity contribution in [2.75, 3.05) is 13.2 Å². The quantitative estimate of drug-likeness (QED) is 0.917. The summed E-state index contributed by atoms with van der Waals surface area (Å²) in [5.41, 5.74) is 0.779. The monoisotopic (exact) mass is 284 g/mol. The molecular formula is C18H20O3. The molecule has 0 radical (unpaired) electrons. The molecule has 0 saturated carbocycles. The van der Waals surface area contributed by atoms with Gasteiger partial charge in [0.25, 0.3) is 0 Å². The zero-order chi connectivity index (χ0) is 14.5. The van der Waals surface area contributed by atoms with Crippen LogP contribution in [0.1, 0.15) is 24.0 Å². The second kappa shape index (κ2) is 6.39. The summed E-state index contributed by atoms with van der Waals surface area (Å²) in [4.78, 5) is 0. The molecule has 1 fully saturated rings. The summed E-state index contributed by atoms with van der Waals surface area (Å²) in [5, 5.41) is 11.3. The van der Waals surface area contributed by atoms with Crippen LogP contribution in [0.15, 0.2) is 60.7 Å². The maximum absolute atomic E-state index is 11.3. The fourth-order valence-electron chi connectivity index (χ4n) is 2.78. The van der Waals surface area contributed by atoms with Crippen LogP contribution in [0.25, 0.3) is 0 Å². The van der Waals surface area contributed by atoms with Gasteiger partial charge >= 0.3 is 0 Å². The molecule has 0 bridgehead atoms. The Labute approximate surface area is 125 Å². The number of benzene rings is 2. The Kier molecular flexibility index (Phi) is 4.34. The molecule has 3 nitrogen and oxygen atoms in total. The fraction of sp³-hybridized carbons (Fsp3) is 0.333. The lowest BCUT2D eigenvalue weighted by Crippen LogP contribution is -2.29. The Bertz CT molecular complexity index is 508. The molecule has 0 unspecified atom stereocenters. The highest BCUT2D eigenvalue weighted by Gasteiger charge is 2.32. The smallest absolute Gasteiger partial charge is 0.157 e. The van der Waals surface area contributed by atoms with Gasteiger partial charge in [0, 0.05) is 6.42 Å². The van der Waals surface area contributed by atoms with Crippen molar-refractivity contribution in [3.8, 4) is 0 Å². The van der Waals surface area contributed by atoms with E-state index in [1.54, 1.807) is 0 Å². The maximum Gasteiger partial charge on any atom is 0.157 e. The van der Waals surface area contributed by atoms with E-state index in [1.165, 1.54) is 0 Å². The minimum atomic E-state index is -1.02. The molecule has 1 heterocycles. The lowest BCUT2D eigenvalue weighted by atomic mass is 9.82. The summed E-state index contributed by atoms with van der Waals surface area (Å²) in [6.07, 6.45) is 1.02. The molecule has 21 heavy (non-hydrogen) atoms. The molecule has 0 aliphatic carbocycles. The number of ether oxygens (including phenoxy) is 2. The molecule has 2 aromatic rings. The molecule has 2 aromatic carbocycles. The largest absolute Gasteiger partial charge is 0.380 e. The maximum atomic E-state index is 11.3. The zero-order valence-corrected chi connectivity index (χ0v) is 11.9. The van der Waals surface area contributed by atoms with Crippen LogP contribution >= 0.6 is 0 Å². The molecule has 0 amide bonds. The minimum absolute atomic E-state index is 0.205. The first kappa shape index (κ1) is 14.3. The van der Waals surface area contributed by atoms with Gasteiger partial charge in [-0.1, -0.05) is 60.7 Å². The minimum Gasteiger partial charge on any atom is -0.380 e. The summed E-state index contributed by atoms with van der Waals surface area (Å²) in [5.74, 6) is 0. The molecule has 0 atom stereocenters. The Balaban J connectivity index is 1.87. The van der Waals surface area contributed by atoms with Crippen LogP contribution in [0.3, 0.4) is 0 Å². The first-order chi connectivity index (χ1) is 10.3. The van der Waals surface area contributed by atoms with Crippen LogP contribution in [-0.2, 0) is 15.1 Å². The fourth-order valence-corrected chi connectivity index (χ4v) is 2.78. The van der Waals surface area contributed by atoms with Crippen LogP contribution in [-0.4, -0.2) is 24.6 Å². The lowest BCUT2D eigenvalue weighted by Gasteiger charge is -2.30. The molecule has 1 aliphatic rings. The molecule has 3 rings (SSSR count). The summed E-state index contributed by atoms with van der Waals surface area (Å²) < 4.78 is 11.0. The number of rotatable bonds is 5. The summed E-state index contributed by atoms with van der Waals surface area (Å²) in [7, 11) is 0. The van der Waals surface area contributed by atoms with E-state index in [1.807, 2.05) is 60.7 Å². The van der Waals surface area contributed by atoms with Gasteiger partial charge < -0.3 is 14.6 Å². The first-order valence-electron chi connectivity index (χ1n) is 7.36. The molecule has 0 spiro atoms. The van der Waals surface area contributed by atoms with Crippen molar-refractivity contribution >= 4 is 0 Å². The van der Waals surface area contributed by atoms with Crippen molar-refractivity contribution in [1.82, 2.24) is 0 Å². The Hall–Kier alpha value is -1.68. The van der Waals surface area contributed by atoms with E-state index in [9.17, 15) is 5.11 Å². The summed E-state index contributed by atoms with van der Waals surface area (Å²) in [6.45, 7) is 1.28. The molecule has 3 heteroatoms. The van der Waals surface area contributed by atoms with E-state index >= 15 is 0 Å². The van der Waals surface area contributed by atoms with Gasteiger partial charge in [0.2, 0.25) is 0 Å². The highest BCUT2D eigenvalue weighted by molar-refractivity contribution is 5.35. The van der Waals surface area contributed by atoms with Crippen molar-refractivity contribution in [1.29, 1.82) is 0 Å². The Morgan fingerprint density at radius 3 is 1.81 bits per heavy atom. The normalized spacial score (nSPS) is 16.2. The molecule has 1 saturated heterocycles. The van der Waals surface area contributed by atoms with E-state index in [4.69, 9.17) is 9.47 Å². The molecule has 1 N–H and O–H groups in total. The van der Waals surface area contributed by atoms with Gasteiger partial charge in [-0.2, -0.15) is 0 Å². The number of aliphatic hydroxyl groups is 1. The highest BCUT2D eigenvalue weighted by atomic mass is 16.7. The first-order valence-corrected chi connectivity index (χ1v) is 7.36. The second-order valence-corrected chi connectivity index (χ2v) is 5.30. The average Bonchev–Trinajstić information content (AvgIpc) is 3.08.